The summed E-state index contributed by atoms with van der Waals surface area (Å²) in [4.78, 5) is 7.79. The minimum atomic E-state index is -4.46. The normalized spacial score (nSPS) is 20.8. The smallest absolute Gasteiger partial charge is 0.392 e. The summed E-state index contributed by atoms with van der Waals surface area (Å²) in [6.07, 6.45) is -0.0334. The van der Waals surface area contributed by atoms with Crippen LogP contribution in [0, 0.1) is 0 Å². The number of alkyl halides is 3. The molecule has 0 saturated carbocycles. The van der Waals surface area contributed by atoms with Crippen LogP contribution >= 0.6 is 24.8 Å². The van der Waals surface area contributed by atoms with Crippen LogP contribution in [-0.2, 0) is 12.7 Å². The number of piperidine rings is 1. The van der Waals surface area contributed by atoms with Crippen LogP contribution in [0.3, 0.4) is 0 Å². The molecule has 142 valence electrons. The first-order valence-corrected chi connectivity index (χ1v) is 7.75. The summed E-state index contributed by atoms with van der Waals surface area (Å²) >= 11 is 0. The first kappa shape index (κ1) is 22.0. The number of aliphatic hydroxyl groups excluding tert-OH is 1. The van der Waals surface area contributed by atoms with Crippen LogP contribution in [0.4, 0.5) is 13.2 Å². The number of imidazole rings is 1. The molecule has 2 aromatic rings. The summed E-state index contributed by atoms with van der Waals surface area (Å²) in [6.45, 7) is 1.42. The topological polar surface area (TPSA) is 63.0 Å². The molecule has 3 rings (SSSR count). The van der Waals surface area contributed by atoms with Gasteiger partial charge in [-0.3, -0.25) is 0 Å². The van der Waals surface area contributed by atoms with Gasteiger partial charge < -0.3 is 15.0 Å². The van der Waals surface area contributed by atoms with E-state index in [1.54, 1.807) is 4.57 Å². The Balaban J connectivity index is 0.00000156. The Hall–Kier alpha value is -1.09. The van der Waals surface area contributed by atoms with Crippen LogP contribution in [0.2, 0.25) is 0 Å². The van der Waals surface area contributed by atoms with Gasteiger partial charge in [-0.05, 0) is 44.4 Å². The fourth-order valence-electron chi connectivity index (χ4n) is 2.97. The number of hydrogen-bond acceptors (Lipinski definition) is 4. The first-order chi connectivity index (χ1) is 10.9. The monoisotopic (exact) mass is 400 g/mol. The van der Waals surface area contributed by atoms with Crippen molar-refractivity contribution in [2.45, 2.75) is 50.6 Å². The number of nitrogens with one attached hydrogen (secondary N) is 1. The molecule has 0 radical (unpaired) electrons. The van der Waals surface area contributed by atoms with E-state index in [2.05, 4.69) is 15.3 Å². The van der Waals surface area contributed by atoms with Crippen molar-refractivity contribution in [3.05, 3.63) is 24.2 Å². The lowest BCUT2D eigenvalue weighted by atomic mass is 9.97. The number of hydrogen-bond donors (Lipinski definition) is 2. The van der Waals surface area contributed by atoms with E-state index in [1.165, 1.54) is 12.4 Å². The molecular weight excluding hydrogens is 380 g/mol. The van der Waals surface area contributed by atoms with Gasteiger partial charge >= 0.3 is 6.18 Å². The van der Waals surface area contributed by atoms with Crippen molar-refractivity contribution in [3.8, 4) is 0 Å². The molecule has 25 heavy (non-hydrogen) atoms. The summed E-state index contributed by atoms with van der Waals surface area (Å²) in [5.41, 5.74) is -0.207. The predicted molar refractivity (Wildman–Crippen MR) is 93.3 cm³/mol. The molecule has 0 aliphatic carbocycles. The van der Waals surface area contributed by atoms with Crippen molar-refractivity contribution in [1.29, 1.82) is 0 Å². The fraction of sp³-hybridized carbons (Fsp3) is 0.600. The van der Waals surface area contributed by atoms with Gasteiger partial charge in [-0.2, -0.15) is 13.2 Å². The second-order valence-electron chi connectivity index (χ2n) is 5.89. The molecule has 0 unspecified atom stereocenters. The quantitative estimate of drug-likeness (QED) is 0.826. The maximum Gasteiger partial charge on any atom is 0.433 e. The van der Waals surface area contributed by atoms with Crippen LogP contribution < -0.4 is 5.32 Å². The van der Waals surface area contributed by atoms with Crippen LogP contribution in [0.1, 0.15) is 31.4 Å². The predicted octanol–water partition coefficient (Wildman–Crippen LogP) is 3.19. The number of aryl methyl sites for hydroxylation is 1. The van der Waals surface area contributed by atoms with Crippen LogP contribution in [-0.4, -0.2) is 38.3 Å². The Labute approximate surface area is 155 Å². The van der Waals surface area contributed by atoms with Gasteiger partial charge in [0.2, 0.25) is 0 Å². The number of pyridine rings is 1. The highest BCUT2D eigenvalue weighted by atomic mass is 35.5. The van der Waals surface area contributed by atoms with Gasteiger partial charge in [-0.25, -0.2) is 9.97 Å². The number of aromatic nitrogens is 3. The molecule has 1 aliphatic rings. The minimum absolute atomic E-state index is 0. The lowest BCUT2D eigenvalue weighted by Crippen LogP contribution is -2.44. The lowest BCUT2D eigenvalue weighted by Gasteiger charge is -2.28. The van der Waals surface area contributed by atoms with E-state index in [1.807, 2.05) is 0 Å². The van der Waals surface area contributed by atoms with Gasteiger partial charge in [0, 0.05) is 12.6 Å². The molecule has 3 heterocycles. The highest BCUT2D eigenvalue weighted by molar-refractivity contribution is 5.85. The third-order valence-corrected chi connectivity index (χ3v) is 4.22. The van der Waals surface area contributed by atoms with E-state index in [0.717, 1.165) is 38.3 Å². The molecule has 2 aromatic heterocycles. The zero-order valence-electron chi connectivity index (χ0n) is 13.4. The molecule has 10 heteroatoms. The second-order valence-corrected chi connectivity index (χ2v) is 5.89. The zero-order chi connectivity index (χ0) is 16.4. The Morgan fingerprint density at radius 3 is 2.72 bits per heavy atom. The number of fused-ring (bicyclic) bond motifs is 1. The number of halogens is 5. The van der Waals surface area contributed by atoms with Gasteiger partial charge in [0.15, 0.2) is 5.65 Å². The highest BCUT2D eigenvalue weighted by Crippen LogP contribution is 2.28. The van der Waals surface area contributed by atoms with Gasteiger partial charge in [-0.15, -0.1) is 24.8 Å². The van der Waals surface area contributed by atoms with E-state index < -0.39 is 11.9 Å². The Morgan fingerprint density at radius 1 is 1.28 bits per heavy atom. The Kier molecular flexibility index (Phi) is 7.92. The van der Waals surface area contributed by atoms with Crippen LogP contribution in [0.25, 0.3) is 11.2 Å². The van der Waals surface area contributed by atoms with E-state index in [9.17, 15) is 18.3 Å². The van der Waals surface area contributed by atoms with Crippen molar-refractivity contribution >= 4 is 36.0 Å². The second kappa shape index (κ2) is 9.02. The van der Waals surface area contributed by atoms with E-state index in [-0.39, 0.29) is 42.6 Å². The van der Waals surface area contributed by atoms with E-state index in [4.69, 9.17) is 0 Å². The molecule has 1 saturated heterocycles. The van der Waals surface area contributed by atoms with Crippen LogP contribution in [0.15, 0.2) is 18.5 Å². The molecule has 0 amide bonds. The summed E-state index contributed by atoms with van der Waals surface area (Å²) in [5, 5.41) is 13.2. The third-order valence-electron chi connectivity index (χ3n) is 4.22. The molecule has 1 aliphatic heterocycles. The lowest BCUT2D eigenvalue weighted by molar-refractivity contribution is -0.141. The minimum Gasteiger partial charge on any atom is -0.392 e. The Morgan fingerprint density at radius 2 is 2.04 bits per heavy atom. The maximum atomic E-state index is 12.8. The van der Waals surface area contributed by atoms with Gasteiger partial charge in [0.05, 0.1) is 12.4 Å². The standard InChI is InChI=1S/C15H19F3N4O.2ClH/c16-15(17,18)13-6-5-11-14(21-13)22(9-20-11)8-2-3-10-12(23)4-1-7-19-10;;/h5-6,9-10,12,19,23H,1-4,7-8H2;2*1H/t10-,12+;;/m1../s1. The molecular formula is C15H21Cl2F3N4O. The molecule has 2 N–H and O–H groups in total. The summed E-state index contributed by atoms with van der Waals surface area (Å²) < 4.78 is 39.9. The summed E-state index contributed by atoms with van der Waals surface area (Å²) in [5.74, 6) is 0. The van der Waals surface area contributed by atoms with Gasteiger partial charge in [0.25, 0.3) is 0 Å². The van der Waals surface area contributed by atoms with Crippen LogP contribution in [0.5, 0.6) is 0 Å². The number of rotatable bonds is 4. The number of aliphatic hydroxyl groups is 1. The molecule has 0 spiro atoms. The van der Waals surface area contributed by atoms with E-state index >= 15 is 0 Å². The third kappa shape index (κ3) is 5.20. The molecule has 1 fully saturated rings. The average Bonchev–Trinajstić information content (AvgIpc) is 2.91. The number of nitrogens with zero attached hydrogens (tertiary/aromatic N) is 3. The summed E-state index contributed by atoms with van der Waals surface area (Å²) in [6, 6.07) is 2.34. The molecule has 0 aromatic carbocycles. The molecule has 0 bridgehead atoms. The van der Waals surface area contributed by atoms with Crippen molar-refractivity contribution in [3.63, 3.8) is 0 Å². The zero-order valence-corrected chi connectivity index (χ0v) is 15.0. The average molecular weight is 401 g/mol. The largest absolute Gasteiger partial charge is 0.433 e. The first-order valence-electron chi connectivity index (χ1n) is 7.75. The SMILES string of the molecule is Cl.Cl.O[C@H]1CCCN[C@@H]1CCCn1cnc2ccc(C(F)(F)F)nc21. The van der Waals surface area contributed by atoms with Crippen molar-refractivity contribution in [1.82, 2.24) is 19.9 Å². The molecule has 5 nitrogen and oxygen atoms in total. The van der Waals surface area contributed by atoms with Crippen molar-refractivity contribution in [2.75, 3.05) is 6.54 Å². The van der Waals surface area contributed by atoms with Gasteiger partial charge in [-0.1, -0.05) is 0 Å². The maximum absolute atomic E-state index is 12.8. The van der Waals surface area contributed by atoms with Crippen molar-refractivity contribution in [2.24, 2.45) is 0 Å². The van der Waals surface area contributed by atoms with Gasteiger partial charge in [0.1, 0.15) is 11.2 Å². The fourth-order valence-corrected chi connectivity index (χ4v) is 2.97. The van der Waals surface area contributed by atoms with Crippen molar-refractivity contribution < 1.29 is 18.3 Å². The summed E-state index contributed by atoms with van der Waals surface area (Å²) in [7, 11) is 0. The Bertz CT molecular complexity index is 680. The highest BCUT2D eigenvalue weighted by Gasteiger charge is 2.33. The van der Waals surface area contributed by atoms with E-state index in [0.29, 0.717) is 12.1 Å². The molecule has 2 atom stereocenters.